The van der Waals surface area contributed by atoms with Crippen molar-refractivity contribution in [1.29, 1.82) is 0 Å². The first-order valence-corrected chi connectivity index (χ1v) is 8.96. The van der Waals surface area contributed by atoms with E-state index in [4.69, 9.17) is 4.74 Å². The fourth-order valence-electron chi connectivity index (χ4n) is 2.70. The molecule has 6 heteroatoms. The monoisotopic (exact) mass is 363 g/mol. The van der Waals surface area contributed by atoms with E-state index in [-0.39, 0.29) is 0 Å². The summed E-state index contributed by atoms with van der Waals surface area (Å²) >= 11 is 0. The molecule has 0 amide bonds. The zero-order valence-electron chi connectivity index (χ0n) is 15.7. The zero-order valence-corrected chi connectivity index (χ0v) is 15.7. The van der Waals surface area contributed by atoms with E-state index in [1.165, 1.54) is 5.56 Å². The van der Waals surface area contributed by atoms with Crippen molar-refractivity contribution in [2.24, 2.45) is 4.99 Å². The van der Waals surface area contributed by atoms with Crippen LogP contribution in [0.2, 0.25) is 0 Å². The number of ether oxygens (including phenoxy) is 1. The molecule has 0 atom stereocenters. The van der Waals surface area contributed by atoms with Crippen molar-refractivity contribution in [1.82, 2.24) is 20.4 Å². The summed E-state index contributed by atoms with van der Waals surface area (Å²) in [5, 5.41) is 11.2. The fraction of sp³-hybridized carbons (Fsp3) is 0.238. The molecule has 0 unspecified atom stereocenters. The lowest BCUT2D eigenvalue weighted by Gasteiger charge is -2.11. The van der Waals surface area contributed by atoms with Gasteiger partial charge in [0.1, 0.15) is 5.75 Å². The van der Waals surface area contributed by atoms with Gasteiger partial charge in [0.2, 0.25) is 0 Å². The van der Waals surface area contributed by atoms with Gasteiger partial charge in [-0.1, -0.05) is 30.3 Å². The largest absolute Gasteiger partial charge is 0.497 e. The van der Waals surface area contributed by atoms with Gasteiger partial charge >= 0.3 is 0 Å². The number of benzene rings is 2. The Morgan fingerprint density at radius 1 is 1.04 bits per heavy atom. The van der Waals surface area contributed by atoms with E-state index in [1.807, 2.05) is 47.3 Å². The lowest BCUT2D eigenvalue weighted by molar-refractivity contribution is 0.414. The second-order valence-electron chi connectivity index (χ2n) is 6.04. The number of nitrogens with one attached hydrogen (secondary N) is 2. The van der Waals surface area contributed by atoms with Crippen LogP contribution in [0.3, 0.4) is 0 Å². The van der Waals surface area contributed by atoms with Crippen LogP contribution in [0.1, 0.15) is 11.3 Å². The Morgan fingerprint density at radius 3 is 2.52 bits per heavy atom. The summed E-state index contributed by atoms with van der Waals surface area (Å²) in [6.45, 7) is 1.43. The summed E-state index contributed by atoms with van der Waals surface area (Å²) in [5.41, 5.74) is 3.24. The number of methoxy groups -OCH3 is 1. The average Bonchev–Trinajstić information content (AvgIpc) is 3.20. The first kappa shape index (κ1) is 18.5. The topological polar surface area (TPSA) is 63.5 Å². The SMILES string of the molecule is CN=C(NCCc1ccccc1)NCc1ccn(-c2ccc(OC)cc2)n1. The van der Waals surface area contributed by atoms with Crippen LogP contribution in [0.5, 0.6) is 5.75 Å². The second kappa shape index (κ2) is 9.43. The molecule has 2 N–H and O–H groups in total. The Bertz CT molecular complexity index is 856. The van der Waals surface area contributed by atoms with Crippen molar-refractivity contribution >= 4 is 5.96 Å². The Morgan fingerprint density at radius 2 is 1.81 bits per heavy atom. The van der Waals surface area contributed by atoms with Gasteiger partial charge < -0.3 is 15.4 Å². The lowest BCUT2D eigenvalue weighted by Crippen LogP contribution is -2.37. The van der Waals surface area contributed by atoms with Crippen LogP contribution in [-0.4, -0.2) is 36.4 Å². The molecule has 0 radical (unpaired) electrons. The van der Waals surface area contributed by atoms with Crippen molar-refractivity contribution in [3.05, 3.63) is 78.1 Å². The van der Waals surface area contributed by atoms with Gasteiger partial charge in [-0.2, -0.15) is 5.10 Å². The maximum Gasteiger partial charge on any atom is 0.191 e. The standard InChI is InChI=1S/C21H25N5O/c1-22-21(23-14-12-17-6-4-3-5-7-17)24-16-18-13-15-26(25-18)19-8-10-20(27-2)11-9-19/h3-11,13,15H,12,14,16H2,1-2H3,(H2,22,23,24). The molecule has 3 rings (SSSR count). The molecule has 1 aromatic heterocycles. The molecule has 140 valence electrons. The van der Waals surface area contributed by atoms with E-state index in [0.717, 1.165) is 36.1 Å². The van der Waals surface area contributed by atoms with Crippen molar-refractivity contribution in [3.8, 4) is 11.4 Å². The van der Waals surface area contributed by atoms with Gasteiger partial charge in [-0.15, -0.1) is 0 Å². The third-order valence-electron chi connectivity index (χ3n) is 4.19. The maximum absolute atomic E-state index is 5.19. The summed E-state index contributed by atoms with van der Waals surface area (Å²) in [7, 11) is 3.43. The molecule has 1 heterocycles. The van der Waals surface area contributed by atoms with Crippen LogP contribution in [0.15, 0.2) is 71.9 Å². The van der Waals surface area contributed by atoms with E-state index < -0.39 is 0 Å². The minimum Gasteiger partial charge on any atom is -0.497 e. The van der Waals surface area contributed by atoms with E-state index in [1.54, 1.807) is 14.2 Å². The molecule has 0 fully saturated rings. The Hall–Kier alpha value is -3.28. The molecule has 27 heavy (non-hydrogen) atoms. The molecule has 2 aromatic carbocycles. The maximum atomic E-state index is 5.19. The minimum absolute atomic E-state index is 0.605. The van der Waals surface area contributed by atoms with Crippen LogP contribution in [0.25, 0.3) is 5.69 Å². The highest BCUT2D eigenvalue weighted by Crippen LogP contribution is 2.14. The third kappa shape index (κ3) is 5.34. The smallest absolute Gasteiger partial charge is 0.191 e. The number of nitrogens with zero attached hydrogens (tertiary/aromatic N) is 3. The lowest BCUT2D eigenvalue weighted by atomic mass is 10.1. The summed E-state index contributed by atoms with van der Waals surface area (Å²) in [6.07, 6.45) is 2.90. The summed E-state index contributed by atoms with van der Waals surface area (Å²) < 4.78 is 7.04. The predicted molar refractivity (Wildman–Crippen MR) is 108 cm³/mol. The number of aromatic nitrogens is 2. The first-order valence-electron chi connectivity index (χ1n) is 8.96. The molecule has 0 aliphatic carbocycles. The molecule has 0 saturated heterocycles. The Balaban J connectivity index is 1.49. The number of guanidine groups is 1. The molecule has 6 nitrogen and oxygen atoms in total. The van der Waals surface area contributed by atoms with Gasteiger partial charge in [-0.3, -0.25) is 4.99 Å². The molecular weight excluding hydrogens is 338 g/mol. The Labute approximate surface area is 159 Å². The predicted octanol–water partition coefficient (Wildman–Crippen LogP) is 2.79. The number of aliphatic imine (C=N–C) groups is 1. The molecule has 0 bridgehead atoms. The van der Waals surface area contributed by atoms with Crippen molar-refractivity contribution < 1.29 is 4.74 Å². The highest BCUT2D eigenvalue weighted by atomic mass is 16.5. The highest BCUT2D eigenvalue weighted by molar-refractivity contribution is 5.79. The van der Waals surface area contributed by atoms with E-state index in [9.17, 15) is 0 Å². The quantitative estimate of drug-likeness (QED) is 0.500. The van der Waals surface area contributed by atoms with Crippen molar-refractivity contribution in [2.45, 2.75) is 13.0 Å². The van der Waals surface area contributed by atoms with Gasteiger partial charge in [0, 0.05) is 19.8 Å². The molecule has 0 aliphatic heterocycles. The normalized spacial score (nSPS) is 11.3. The summed E-state index contributed by atoms with van der Waals surface area (Å²) in [6, 6.07) is 20.2. The molecule has 0 saturated carbocycles. The van der Waals surface area contributed by atoms with Crippen LogP contribution >= 0.6 is 0 Å². The van der Waals surface area contributed by atoms with Crippen LogP contribution < -0.4 is 15.4 Å². The van der Waals surface area contributed by atoms with Gasteiger partial charge in [0.05, 0.1) is 25.0 Å². The van der Waals surface area contributed by atoms with Crippen LogP contribution in [0, 0.1) is 0 Å². The molecule has 0 aliphatic rings. The van der Waals surface area contributed by atoms with E-state index >= 15 is 0 Å². The number of hydrogen-bond acceptors (Lipinski definition) is 3. The average molecular weight is 363 g/mol. The minimum atomic E-state index is 0.605. The van der Waals surface area contributed by atoms with E-state index in [2.05, 4.69) is 45.0 Å². The second-order valence-corrected chi connectivity index (χ2v) is 6.04. The Kier molecular flexibility index (Phi) is 6.46. The van der Waals surface area contributed by atoms with Crippen molar-refractivity contribution in [2.75, 3.05) is 20.7 Å². The van der Waals surface area contributed by atoms with Crippen LogP contribution in [-0.2, 0) is 13.0 Å². The zero-order chi connectivity index (χ0) is 18.9. The van der Waals surface area contributed by atoms with Crippen LogP contribution in [0.4, 0.5) is 0 Å². The number of rotatable bonds is 7. The molecule has 0 spiro atoms. The molecular formula is C21H25N5O. The van der Waals surface area contributed by atoms with Gasteiger partial charge in [0.25, 0.3) is 0 Å². The number of hydrogen-bond donors (Lipinski definition) is 2. The van der Waals surface area contributed by atoms with E-state index in [0.29, 0.717) is 6.54 Å². The fourth-order valence-corrected chi connectivity index (χ4v) is 2.70. The first-order chi connectivity index (χ1) is 13.3. The highest BCUT2D eigenvalue weighted by Gasteiger charge is 2.04. The summed E-state index contributed by atoms with van der Waals surface area (Å²) in [4.78, 5) is 4.26. The van der Waals surface area contributed by atoms with Gasteiger partial charge in [-0.25, -0.2) is 4.68 Å². The summed E-state index contributed by atoms with van der Waals surface area (Å²) in [5.74, 6) is 1.60. The molecule has 3 aromatic rings. The van der Waals surface area contributed by atoms with Crippen molar-refractivity contribution in [3.63, 3.8) is 0 Å². The third-order valence-corrected chi connectivity index (χ3v) is 4.19. The van der Waals surface area contributed by atoms with Gasteiger partial charge in [-0.05, 0) is 42.3 Å². The van der Waals surface area contributed by atoms with Gasteiger partial charge in [0.15, 0.2) is 5.96 Å².